The van der Waals surface area contributed by atoms with Crippen LogP contribution >= 0.6 is 58.6 Å². The third-order valence-corrected chi connectivity index (χ3v) is 11.1. The smallest absolute Gasteiger partial charge is 0.314 e. The number of rotatable bonds is 14. The summed E-state index contributed by atoms with van der Waals surface area (Å²) in [5.41, 5.74) is 8.67. The number of oxime groups is 1. The van der Waals surface area contributed by atoms with Gasteiger partial charge in [0.05, 0.1) is 23.2 Å². The molecule has 0 spiro atoms. The molecule has 2 amide bonds. The number of nitrogens with zero attached hydrogens (tertiary/aromatic N) is 5. The molecule has 3 atom stereocenters. The minimum atomic E-state index is -1.37. The van der Waals surface area contributed by atoms with Crippen molar-refractivity contribution < 1.29 is 24.7 Å². The summed E-state index contributed by atoms with van der Waals surface area (Å²) < 4.78 is 0.381. The molecule has 0 aromatic carbocycles. The van der Waals surface area contributed by atoms with Gasteiger partial charge in [-0.05, 0) is 17.2 Å². The lowest BCUT2D eigenvalue weighted by atomic mass is 10.1. The number of aliphatic carboxylic acids is 1. The van der Waals surface area contributed by atoms with Crippen molar-refractivity contribution in [2.45, 2.75) is 10.6 Å². The number of hydrogen-bond acceptors (Lipinski definition) is 16. The number of thiazole rings is 1. The molecule has 0 bridgehead atoms. The first kappa shape index (κ1) is 29.8. The Morgan fingerprint density at radius 2 is 2.23 bits per heavy atom. The summed E-state index contributed by atoms with van der Waals surface area (Å²) in [6, 6.07) is 0. The highest BCUT2D eigenvalue weighted by atomic mass is 32.2. The number of carboxylic acid groups (broad SMARTS) is 1. The van der Waals surface area contributed by atoms with Gasteiger partial charge in [-0.25, -0.2) is 0 Å². The van der Waals surface area contributed by atoms with Gasteiger partial charge in [0.25, 0.3) is 0 Å². The van der Waals surface area contributed by atoms with E-state index in [2.05, 4.69) is 26.2 Å². The van der Waals surface area contributed by atoms with E-state index in [1.54, 1.807) is 17.1 Å². The van der Waals surface area contributed by atoms with Gasteiger partial charge in [0.15, 0.2) is 17.1 Å². The molecule has 4 rings (SSSR count). The number of nitrogens with one attached hydrogen (secondary N) is 3. The number of aromatic nitrogens is 1. The lowest BCUT2D eigenvalue weighted by Gasteiger charge is -2.49. The minimum absolute atomic E-state index is 0.103. The highest BCUT2D eigenvalue weighted by Crippen LogP contribution is 2.53. The van der Waals surface area contributed by atoms with Crippen LogP contribution in [0.5, 0.6) is 0 Å². The predicted octanol–water partition coefficient (Wildman–Crippen LogP) is -0.648. The van der Waals surface area contributed by atoms with Crippen LogP contribution in [-0.2, 0) is 14.4 Å². The first-order valence-corrected chi connectivity index (χ1v) is 16.3. The van der Waals surface area contributed by atoms with E-state index in [4.69, 9.17) is 10.9 Å². The molecule has 1 aromatic heterocycles. The van der Waals surface area contributed by atoms with Crippen LogP contribution < -0.4 is 31.0 Å². The summed E-state index contributed by atoms with van der Waals surface area (Å²) in [6.07, 6.45) is 4.07. The molecule has 3 aliphatic heterocycles. The average Bonchev–Trinajstić information content (AvgIpc) is 3.50. The first-order valence-electron chi connectivity index (χ1n) is 11.6. The summed E-state index contributed by atoms with van der Waals surface area (Å²) in [5, 5.41) is 32.7. The number of thioether (sulfide) groups is 3. The molecule has 0 saturated carbocycles. The molecule has 0 aliphatic carbocycles. The molecule has 14 nitrogen and oxygen atoms in total. The van der Waals surface area contributed by atoms with E-state index >= 15 is 0 Å². The van der Waals surface area contributed by atoms with Gasteiger partial charge in [0.2, 0.25) is 5.91 Å². The molecule has 19 heteroatoms. The molecular weight excluding hydrogens is 607 g/mol. The Labute approximate surface area is 245 Å². The van der Waals surface area contributed by atoms with E-state index in [0.717, 1.165) is 31.6 Å². The van der Waals surface area contributed by atoms with E-state index in [9.17, 15) is 19.5 Å². The van der Waals surface area contributed by atoms with Crippen molar-refractivity contribution in [3.63, 3.8) is 0 Å². The maximum atomic E-state index is 12.9. The third kappa shape index (κ3) is 6.62. The van der Waals surface area contributed by atoms with E-state index in [-0.39, 0.29) is 21.1 Å². The van der Waals surface area contributed by atoms with Crippen LogP contribution in [0.4, 0.5) is 10.9 Å². The normalized spacial score (nSPS) is 24.4. The number of nitrogen functional groups attached to an aromatic ring is 1. The number of hydrogen-bond donors (Lipinski definition) is 5. The van der Waals surface area contributed by atoms with Crippen molar-refractivity contribution >= 4 is 93.5 Å². The highest BCUT2D eigenvalue weighted by molar-refractivity contribution is 8.23. The second-order valence-electron chi connectivity index (χ2n) is 8.06. The summed E-state index contributed by atoms with van der Waals surface area (Å²) in [6.45, 7) is 2.48. The molecule has 3 aliphatic rings. The SMILES string of the molecule is CNCCNCCSCN1C=C(S[C@@H]2C(=O)N3C(C(=O)[O-])=CCS[C@@H]23)S[N+]1(NC(=O)C=NO)c1csc(N)n1. The van der Waals surface area contributed by atoms with Crippen molar-refractivity contribution in [3.8, 4) is 0 Å². The standard InChI is InChI=1S/C20H27N9O5S5/c1-22-3-4-23-5-7-35-11-27-9-15(38-16-17(31)28-12(19(32)33)2-6-36-18(16)28)39-29(27,26-14(30)8-24-34)13-10-37-20(21)25-13/h2,8-10,16,18,22-23H,3-7,11H2,1H3,(H4-,21,25,26,30,32,33,34)/t16-,18+,29?/m1/s1. The van der Waals surface area contributed by atoms with E-state index in [1.807, 2.05) is 18.3 Å². The van der Waals surface area contributed by atoms with Gasteiger partial charge in [-0.3, -0.25) is 14.5 Å². The van der Waals surface area contributed by atoms with Crippen LogP contribution in [0.3, 0.4) is 0 Å². The van der Waals surface area contributed by atoms with Crippen molar-refractivity contribution in [2.24, 2.45) is 5.16 Å². The van der Waals surface area contributed by atoms with E-state index < -0.39 is 17.1 Å². The van der Waals surface area contributed by atoms with Crippen LogP contribution in [0.15, 0.2) is 32.7 Å². The lowest BCUT2D eigenvalue weighted by molar-refractivity contribution is -0.301. The number of amides is 2. The zero-order valence-corrected chi connectivity index (χ0v) is 24.7. The lowest BCUT2D eigenvalue weighted by Crippen LogP contribution is -2.64. The summed E-state index contributed by atoms with van der Waals surface area (Å²) >= 11 is 6.84. The van der Waals surface area contributed by atoms with E-state index in [1.165, 1.54) is 57.8 Å². The van der Waals surface area contributed by atoms with Crippen LogP contribution in [0.25, 0.3) is 0 Å². The Morgan fingerprint density at radius 3 is 2.92 bits per heavy atom. The second kappa shape index (κ2) is 13.5. The highest BCUT2D eigenvalue weighted by Gasteiger charge is 2.55. The molecule has 1 saturated heterocycles. The number of anilines is 1. The molecule has 0 radical (unpaired) electrons. The van der Waals surface area contributed by atoms with Gasteiger partial charge in [0.1, 0.15) is 27.0 Å². The number of carboxylic acids is 1. The van der Waals surface area contributed by atoms with Gasteiger partial charge < -0.3 is 31.5 Å². The van der Waals surface area contributed by atoms with Gasteiger partial charge in [-0.2, -0.15) is 15.4 Å². The van der Waals surface area contributed by atoms with Crippen LogP contribution in [0.1, 0.15) is 0 Å². The summed E-state index contributed by atoms with van der Waals surface area (Å²) in [5.74, 6) is -0.239. The number of quaternary nitrogens is 1. The van der Waals surface area contributed by atoms with Gasteiger partial charge in [0, 0.05) is 31.1 Å². The molecule has 6 N–H and O–H groups in total. The van der Waals surface area contributed by atoms with Crippen LogP contribution in [0, 0.1) is 0 Å². The number of carbonyl (C=O) groups is 3. The fourth-order valence-electron chi connectivity index (χ4n) is 3.79. The van der Waals surface area contributed by atoms with Crippen molar-refractivity contribution in [1.82, 2.24) is 35.1 Å². The quantitative estimate of drug-likeness (QED) is 0.0331. The Bertz CT molecular complexity index is 1180. The molecule has 212 valence electrons. The van der Waals surface area contributed by atoms with Crippen molar-refractivity contribution in [3.05, 3.63) is 27.6 Å². The second-order valence-corrected chi connectivity index (χ2v) is 13.8. The first-order chi connectivity index (χ1) is 18.8. The Hall–Kier alpha value is -2.13. The van der Waals surface area contributed by atoms with Crippen molar-refractivity contribution in [2.75, 3.05) is 49.8 Å². The molecular formula is C20H27N9O5S5. The maximum absolute atomic E-state index is 12.9. The Balaban J connectivity index is 1.54. The third-order valence-electron chi connectivity index (χ3n) is 5.54. The van der Waals surface area contributed by atoms with Crippen molar-refractivity contribution in [1.29, 1.82) is 0 Å². The van der Waals surface area contributed by atoms with E-state index in [0.29, 0.717) is 26.8 Å². The topological polar surface area (TPSA) is 188 Å². The minimum Gasteiger partial charge on any atom is -0.543 e. The largest absolute Gasteiger partial charge is 0.543 e. The zero-order chi connectivity index (χ0) is 28.0. The van der Waals surface area contributed by atoms with Crippen LogP contribution in [-0.4, -0.2) is 98.8 Å². The van der Waals surface area contributed by atoms with Gasteiger partial charge in [-0.1, -0.05) is 28.3 Å². The Morgan fingerprint density at radius 1 is 1.41 bits per heavy atom. The average molecular weight is 634 g/mol. The number of fused-ring (bicyclic) bond motifs is 1. The summed E-state index contributed by atoms with van der Waals surface area (Å²) in [7, 11) is 1.89. The van der Waals surface area contributed by atoms with Crippen LogP contribution in [0.2, 0.25) is 0 Å². The molecule has 1 fully saturated rings. The molecule has 1 aromatic rings. The number of nitrogens with two attached hydrogens (primary N) is 1. The number of carbonyl (C=O) groups excluding carboxylic acids is 3. The summed E-state index contributed by atoms with van der Waals surface area (Å²) in [4.78, 5) is 42.7. The maximum Gasteiger partial charge on any atom is 0.314 e. The zero-order valence-electron chi connectivity index (χ0n) is 20.6. The predicted molar refractivity (Wildman–Crippen MR) is 156 cm³/mol. The monoisotopic (exact) mass is 633 g/mol. The molecule has 1 unspecified atom stereocenters. The fourth-order valence-corrected chi connectivity index (χ4v) is 9.52. The number of β-lactam (4-membered cyclic amide) rings is 1. The number of likely N-dealkylation sites (N-methyl/N-ethyl adjacent to an activating group) is 1. The fraction of sp³-hybridized carbons (Fsp3) is 0.450. The Kier molecular flexibility index (Phi) is 10.3. The van der Waals surface area contributed by atoms with Gasteiger partial charge in [-0.15, -0.1) is 23.5 Å². The van der Waals surface area contributed by atoms with Gasteiger partial charge >= 0.3 is 11.7 Å². The molecule has 39 heavy (non-hydrogen) atoms. The molecule has 4 heterocycles.